The summed E-state index contributed by atoms with van der Waals surface area (Å²) in [6.07, 6.45) is 1.91. The van der Waals surface area contributed by atoms with E-state index >= 15 is 0 Å². The van der Waals surface area contributed by atoms with Crippen LogP contribution < -0.4 is 17.0 Å². The largest absolute Gasteiger partial charge is 0.369 e. The molecule has 4 nitrogen and oxygen atoms in total. The number of guanidine groups is 1. The van der Waals surface area contributed by atoms with Gasteiger partial charge in [-0.1, -0.05) is 24.3 Å². The van der Waals surface area contributed by atoms with Gasteiger partial charge in [-0.25, -0.2) is 10.8 Å². The molecule has 1 aliphatic rings. The Morgan fingerprint density at radius 1 is 1.29 bits per heavy atom. The van der Waals surface area contributed by atoms with Gasteiger partial charge in [0.15, 0.2) is 0 Å². The van der Waals surface area contributed by atoms with Crippen molar-refractivity contribution in [1.29, 1.82) is 0 Å². The van der Waals surface area contributed by atoms with Crippen molar-refractivity contribution in [1.82, 2.24) is 5.43 Å². The van der Waals surface area contributed by atoms with E-state index in [1.807, 2.05) is 0 Å². The summed E-state index contributed by atoms with van der Waals surface area (Å²) in [6.45, 7) is 0. The van der Waals surface area contributed by atoms with Crippen molar-refractivity contribution in [3.63, 3.8) is 0 Å². The molecule has 2 rings (SSSR count). The van der Waals surface area contributed by atoms with Gasteiger partial charge in [-0.05, 0) is 24.0 Å². The van der Waals surface area contributed by atoms with Crippen LogP contribution in [0.5, 0.6) is 0 Å². The highest BCUT2D eigenvalue weighted by Crippen LogP contribution is 2.23. The van der Waals surface area contributed by atoms with Crippen LogP contribution in [0.2, 0.25) is 0 Å². The van der Waals surface area contributed by atoms with Gasteiger partial charge in [-0.2, -0.15) is 0 Å². The highest BCUT2D eigenvalue weighted by Gasteiger charge is 2.19. The van der Waals surface area contributed by atoms with Gasteiger partial charge in [0.05, 0.1) is 6.04 Å². The molecular formula is C10H14N4. The summed E-state index contributed by atoms with van der Waals surface area (Å²) in [6, 6.07) is 8.61. The Morgan fingerprint density at radius 2 is 1.86 bits per heavy atom. The van der Waals surface area contributed by atoms with Crippen LogP contribution in [0.1, 0.15) is 11.1 Å². The Hall–Kier alpha value is -1.55. The second kappa shape index (κ2) is 3.67. The van der Waals surface area contributed by atoms with Gasteiger partial charge in [0.1, 0.15) is 0 Å². The van der Waals surface area contributed by atoms with E-state index in [0.717, 1.165) is 12.8 Å². The van der Waals surface area contributed by atoms with Crippen LogP contribution in [0.3, 0.4) is 0 Å². The second-order valence-corrected chi connectivity index (χ2v) is 3.49. The number of aliphatic imine (C=N–C) groups is 1. The lowest BCUT2D eigenvalue weighted by Gasteiger charge is -2.04. The lowest BCUT2D eigenvalue weighted by atomic mass is 10.1. The van der Waals surface area contributed by atoms with Crippen molar-refractivity contribution in [2.24, 2.45) is 16.6 Å². The van der Waals surface area contributed by atoms with E-state index in [2.05, 4.69) is 34.7 Å². The molecule has 0 saturated carbocycles. The minimum atomic E-state index is 0.239. The lowest BCUT2D eigenvalue weighted by Crippen LogP contribution is -2.38. The van der Waals surface area contributed by atoms with Crippen LogP contribution >= 0.6 is 0 Å². The van der Waals surface area contributed by atoms with Crippen LogP contribution in [-0.2, 0) is 12.8 Å². The molecule has 0 spiro atoms. The summed E-state index contributed by atoms with van der Waals surface area (Å²) in [5, 5.41) is 0. The van der Waals surface area contributed by atoms with Gasteiger partial charge >= 0.3 is 0 Å². The third kappa shape index (κ3) is 1.70. The first-order valence-electron chi connectivity index (χ1n) is 4.66. The fourth-order valence-electron chi connectivity index (χ4n) is 1.86. The van der Waals surface area contributed by atoms with E-state index in [4.69, 9.17) is 11.6 Å². The monoisotopic (exact) mass is 190 g/mol. The minimum absolute atomic E-state index is 0.239. The molecule has 4 heteroatoms. The van der Waals surface area contributed by atoms with Crippen LogP contribution in [0, 0.1) is 0 Å². The average molecular weight is 190 g/mol. The van der Waals surface area contributed by atoms with Gasteiger partial charge in [0.25, 0.3) is 0 Å². The zero-order valence-corrected chi connectivity index (χ0v) is 7.90. The number of nitrogens with zero attached hydrogens (tertiary/aromatic N) is 1. The van der Waals surface area contributed by atoms with E-state index in [9.17, 15) is 0 Å². The number of benzene rings is 1. The van der Waals surface area contributed by atoms with Crippen molar-refractivity contribution in [2.45, 2.75) is 18.9 Å². The molecule has 0 amide bonds. The van der Waals surface area contributed by atoms with Crippen LogP contribution in [0.25, 0.3) is 0 Å². The maximum Gasteiger partial charge on any atom is 0.203 e. The molecule has 74 valence electrons. The molecular weight excluding hydrogens is 176 g/mol. The average Bonchev–Trinajstić information content (AvgIpc) is 2.59. The summed E-state index contributed by atoms with van der Waals surface area (Å²) in [7, 11) is 0. The summed E-state index contributed by atoms with van der Waals surface area (Å²) < 4.78 is 0. The molecule has 0 unspecified atom stereocenters. The molecule has 0 bridgehead atoms. The summed E-state index contributed by atoms with van der Waals surface area (Å²) >= 11 is 0. The first-order chi connectivity index (χ1) is 6.79. The molecule has 0 saturated heterocycles. The normalized spacial score (nSPS) is 16.8. The van der Waals surface area contributed by atoms with E-state index in [-0.39, 0.29) is 6.04 Å². The van der Waals surface area contributed by atoms with Gasteiger partial charge in [0.2, 0.25) is 5.96 Å². The van der Waals surface area contributed by atoms with Crippen LogP contribution in [-0.4, -0.2) is 12.0 Å². The predicted molar refractivity (Wildman–Crippen MR) is 56.6 cm³/mol. The number of nitrogens with two attached hydrogens (primary N) is 2. The molecule has 1 aromatic carbocycles. The first-order valence-corrected chi connectivity index (χ1v) is 4.66. The van der Waals surface area contributed by atoms with Crippen molar-refractivity contribution >= 4 is 5.96 Å². The Balaban J connectivity index is 2.12. The van der Waals surface area contributed by atoms with Gasteiger partial charge in [-0.3, -0.25) is 5.43 Å². The first kappa shape index (κ1) is 9.02. The highest BCUT2D eigenvalue weighted by atomic mass is 15.3. The quantitative estimate of drug-likeness (QED) is 0.251. The Bertz CT molecular complexity index is 334. The second-order valence-electron chi connectivity index (χ2n) is 3.49. The third-order valence-corrected chi connectivity index (χ3v) is 2.50. The number of hydrogen-bond acceptors (Lipinski definition) is 2. The lowest BCUT2D eigenvalue weighted by molar-refractivity contribution is 0.714. The highest BCUT2D eigenvalue weighted by molar-refractivity contribution is 5.77. The number of hydrazine groups is 1. The van der Waals surface area contributed by atoms with Crippen LogP contribution in [0.4, 0.5) is 0 Å². The summed E-state index contributed by atoms with van der Waals surface area (Å²) in [4.78, 5) is 4.27. The molecule has 5 N–H and O–H groups in total. The van der Waals surface area contributed by atoms with Crippen molar-refractivity contribution in [3.8, 4) is 0 Å². The molecule has 0 aliphatic heterocycles. The molecule has 1 aliphatic carbocycles. The maximum absolute atomic E-state index is 5.50. The van der Waals surface area contributed by atoms with Crippen molar-refractivity contribution in [2.75, 3.05) is 0 Å². The maximum atomic E-state index is 5.50. The van der Waals surface area contributed by atoms with Crippen LogP contribution in [0.15, 0.2) is 29.3 Å². The van der Waals surface area contributed by atoms with E-state index in [1.165, 1.54) is 11.1 Å². The van der Waals surface area contributed by atoms with Crippen molar-refractivity contribution in [3.05, 3.63) is 35.4 Å². The molecule has 1 aromatic rings. The topological polar surface area (TPSA) is 76.4 Å². The minimum Gasteiger partial charge on any atom is -0.369 e. The molecule has 0 heterocycles. The molecule has 0 fully saturated rings. The Kier molecular flexibility index (Phi) is 2.37. The molecule has 14 heavy (non-hydrogen) atoms. The van der Waals surface area contributed by atoms with Gasteiger partial charge in [0, 0.05) is 0 Å². The SMILES string of the molecule is NNC(N)=NC1Cc2ccccc2C1. The fraction of sp³-hybridized carbons (Fsp3) is 0.300. The number of hydrogen-bond donors (Lipinski definition) is 3. The zero-order valence-electron chi connectivity index (χ0n) is 7.90. The third-order valence-electron chi connectivity index (χ3n) is 2.50. The Labute approximate surface area is 83.0 Å². The fourth-order valence-corrected chi connectivity index (χ4v) is 1.86. The Morgan fingerprint density at radius 3 is 2.36 bits per heavy atom. The summed E-state index contributed by atoms with van der Waals surface area (Å²) in [5.41, 5.74) is 10.6. The molecule has 0 atom stereocenters. The van der Waals surface area contributed by atoms with E-state index in [0.29, 0.717) is 5.96 Å². The molecule has 0 radical (unpaired) electrons. The number of rotatable bonds is 1. The number of fused-ring (bicyclic) bond motifs is 1. The standard InChI is InChI=1S/C10H14N4/c11-10(14-12)13-9-5-7-3-1-2-4-8(7)6-9/h1-4,9H,5-6,12H2,(H3,11,13,14). The molecule has 0 aromatic heterocycles. The van der Waals surface area contributed by atoms with Gasteiger partial charge in [-0.15, -0.1) is 0 Å². The smallest absolute Gasteiger partial charge is 0.203 e. The predicted octanol–water partition coefficient (Wildman–Crippen LogP) is -0.0682. The van der Waals surface area contributed by atoms with Gasteiger partial charge < -0.3 is 5.73 Å². The summed E-state index contributed by atoms with van der Waals surface area (Å²) in [5.74, 6) is 5.46. The van der Waals surface area contributed by atoms with E-state index in [1.54, 1.807) is 0 Å². The zero-order chi connectivity index (χ0) is 9.97. The van der Waals surface area contributed by atoms with Crippen molar-refractivity contribution < 1.29 is 0 Å². The number of nitrogens with one attached hydrogen (secondary N) is 1. The van der Waals surface area contributed by atoms with E-state index < -0.39 is 0 Å².